The Balaban J connectivity index is 3.23. The van der Waals surface area contributed by atoms with Crippen LogP contribution in [0.2, 0.25) is 5.02 Å². The van der Waals surface area contributed by atoms with E-state index in [-0.39, 0.29) is 0 Å². The van der Waals surface area contributed by atoms with Gasteiger partial charge in [-0.1, -0.05) is 46.4 Å². The van der Waals surface area contributed by atoms with Crippen LogP contribution >= 0.6 is 46.4 Å². The van der Waals surface area contributed by atoms with Crippen molar-refractivity contribution in [2.75, 3.05) is 5.73 Å². The van der Waals surface area contributed by atoms with Crippen LogP contribution in [0.25, 0.3) is 0 Å². The predicted octanol–water partition coefficient (Wildman–Crippen LogP) is 3.75. The van der Waals surface area contributed by atoms with Gasteiger partial charge in [-0.3, -0.25) is 0 Å². The third kappa shape index (κ3) is 2.33. The van der Waals surface area contributed by atoms with Crippen molar-refractivity contribution in [3.05, 3.63) is 28.8 Å². The van der Waals surface area contributed by atoms with Crippen LogP contribution < -0.4 is 5.73 Å². The van der Waals surface area contributed by atoms with E-state index in [1.165, 1.54) is 6.07 Å². The SMILES string of the molecule is Nc1ccc(Cl)cc1C(Cl)(Cl)Cl. The first-order chi connectivity index (χ1) is 5.41. The molecule has 1 aromatic rings. The van der Waals surface area contributed by atoms with Crippen LogP contribution in [-0.2, 0) is 3.79 Å². The Morgan fingerprint density at radius 2 is 1.75 bits per heavy atom. The van der Waals surface area contributed by atoms with Crippen molar-refractivity contribution in [1.29, 1.82) is 0 Å². The molecule has 2 N–H and O–H groups in total. The first-order valence-corrected chi connectivity index (χ1v) is 4.54. The summed E-state index contributed by atoms with van der Waals surface area (Å²) in [5.41, 5.74) is 6.38. The Morgan fingerprint density at radius 3 is 2.17 bits per heavy atom. The minimum atomic E-state index is -1.52. The molecule has 0 fully saturated rings. The van der Waals surface area contributed by atoms with E-state index < -0.39 is 3.79 Å². The highest BCUT2D eigenvalue weighted by Crippen LogP contribution is 2.41. The van der Waals surface area contributed by atoms with Crippen LogP contribution in [0.5, 0.6) is 0 Å². The molecule has 0 radical (unpaired) electrons. The van der Waals surface area contributed by atoms with Crippen molar-refractivity contribution >= 4 is 52.1 Å². The summed E-state index contributed by atoms with van der Waals surface area (Å²) in [4.78, 5) is 0. The molecule has 0 saturated carbocycles. The topological polar surface area (TPSA) is 26.0 Å². The molecule has 0 saturated heterocycles. The number of halogens is 4. The lowest BCUT2D eigenvalue weighted by Crippen LogP contribution is -2.04. The fraction of sp³-hybridized carbons (Fsp3) is 0.143. The van der Waals surface area contributed by atoms with Gasteiger partial charge < -0.3 is 5.73 Å². The van der Waals surface area contributed by atoms with Gasteiger partial charge in [0.15, 0.2) is 0 Å². The molecule has 0 aromatic heterocycles. The van der Waals surface area contributed by atoms with Crippen LogP contribution in [-0.4, -0.2) is 0 Å². The number of alkyl halides is 3. The first-order valence-electron chi connectivity index (χ1n) is 3.03. The van der Waals surface area contributed by atoms with Gasteiger partial charge in [0, 0.05) is 16.3 Å². The van der Waals surface area contributed by atoms with Crippen molar-refractivity contribution in [3.63, 3.8) is 0 Å². The van der Waals surface area contributed by atoms with Gasteiger partial charge in [-0.15, -0.1) is 0 Å². The fourth-order valence-corrected chi connectivity index (χ4v) is 1.44. The maximum Gasteiger partial charge on any atom is 0.218 e. The quantitative estimate of drug-likeness (QED) is 0.546. The molecule has 0 unspecified atom stereocenters. The Labute approximate surface area is 90.3 Å². The largest absolute Gasteiger partial charge is 0.398 e. The van der Waals surface area contributed by atoms with E-state index in [0.29, 0.717) is 16.3 Å². The second-order valence-corrected chi connectivity index (χ2v) is 4.95. The minimum absolute atomic E-state index is 0.403. The normalized spacial score (nSPS) is 11.7. The van der Waals surface area contributed by atoms with E-state index in [2.05, 4.69) is 0 Å². The molecule has 0 aliphatic carbocycles. The maximum atomic E-state index is 5.69. The van der Waals surface area contributed by atoms with E-state index in [1.54, 1.807) is 12.1 Å². The second kappa shape index (κ2) is 3.51. The Bertz CT molecular complexity index is 292. The van der Waals surface area contributed by atoms with Gasteiger partial charge in [0.2, 0.25) is 3.79 Å². The van der Waals surface area contributed by atoms with Crippen LogP contribution in [0.1, 0.15) is 5.56 Å². The average molecular weight is 245 g/mol. The van der Waals surface area contributed by atoms with Gasteiger partial charge in [-0.05, 0) is 18.2 Å². The fourth-order valence-electron chi connectivity index (χ4n) is 0.774. The standard InChI is InChI=1S/C7H5Cl4N/c8-4-1-2-6(12)5(3-4)7(9,10)11/h1-3H,12H2. The number of hydrogen-bond donors (Lipinski definition) is 1. The van der Waals surface area contributed by atoms with Crippen LogP contribution in [0.15, 0.2) is 18.2 Å². The van der Waals surface area contributed by atoms with E-state index >= 15 is 0 Å². The number of anilines is 1. The molecule has 0 atom stereocenters. The highest BCUT2D eigenvalue weighted by atomic mass is 35.6. The van der Waals surface area contributed by atoms with E-state index in [9.17, 15) is 0 Å². The highest BCUT2D eigenvalue weighted by Gasteiger charge is 2.25. The number of hydrogen-bond acceptors (Lipinski definition) is 1. The molecule has 1 rings (SSSR count). The molecular formula is C7H5Cl4N. The third-order valence-electron chi connectivity index (χ3n) is 1.32. The van der Waals surface area contributed by atoms with Crippen molar-refractivity contribution in [1.82, 2.24) is 0 Å². The third-order valence-corrected chi connectivity index (χ3v) is 2.17. The van der Waals surface area contributed by atoms with Crippen molar-refractivity contribution in [3.8, 4) is 0 Å². The highest BCUT2D eigenvalue weighted by molar-refractivity contribution is 6.67. The second-order valence-electron chi connectivity index (χ2n) is 2.23. The lowest BCUT2D eigenvalue weighted by Gasteiger charge is -2.13. The summed E-state index contributed by atoms with van der Waals surface area (Å²) in [5.74, 6) is 0. The lowest BCUT2D eigenvalue weighted by molar-refractivity contribution is 1.25. The molecular weight excluding hydrogens is 240 g/mol. The van der Waals surface area contributed by atoms with E-state index in [4.69, 9.17) is 52.1 Å². The van der Waals surface area contributed by atoms with Gasteiger partial charge in [0.1, 0.15) is 0 Å². The van der Waals surface area contributed by atoms with E-state index in [0.717, 1.165) is 0 Å². The zero-order chi connectivity index (χ0) is 9.35. The van der Waals surface area contributed by atoms with Gasteiger partial charge in [0.05, 0.1) is 0 Å². The first kappa shape index (κ1) is 10.3. The smallest absolute Gasteiger partial charge is 0.218 e. The Kier molecular flexibility index (Phi) is 3.00. The van der Waals surface area contributed by atoms with Crippen LogP contribution in [0, 0.1) is 0 Å². The van der Waals surface area contributed by atoms with Gasteiger partial charge in [0.25, 0.3) is 0 Å². The number of rotatable bonds is 0. The monoisotopic (exact) mass is 243 g/mol. The van der Waals surface area contributed by atoms with Gasteiger partial charge in [-0.25, -0.2) is 0 Å². The summed E-state index contributed by atoms with van der Waals surface area (Å²) < 4.78 is -1.52. The molecule has 1 aromatic carbocycles. The Morgan fingerprint density at radius 1 is 1.17 bits per heavy atom. The summed E-state index contributed by atoms with van der Waals surface area (Å²) in [6.07, 6.45) is 0. The zero-order valence-electron chi connectivity index (χ0n) is 5.82. The summed E-state index contributed by atoms with van der Waals surface area (Å²) >= 11 is 22.6. The van der Waals surface area contributed by atoms with E-state index in [1.807, 2.05) is 0 Å². The van der Waals surface area contributed by atoms with Crippen LogP contribution in [0.3, 0.4) is 0 Å². The van der Waals surface area contributed by atoms with Gasteiger partial charge in [-0.2, -0.15) is 0 Å². The maximum absolute atomic E-state index is 5.69. The number of nitrogens with two attached hydrogens (primary N) is 1. The van der Waals surface area contributed by atoms with Crippen LogP contribution in [0.4, 0.5) is 5.69 Å². The summed E-state index contributed by atoms with van der Waals surface area (Å²) in [7, 11) is 0. The molecule has 0 bridgehead atoms. The molecule has 0 aliphatic rings. The molecule has 1 nitrogen and oxygen atoms in total. The number of benzene rings is 1. The molecule has 0 aliphatic heterocycles. The summed E-state index contributed by atoms with van der Waals surface area (Å²) in [5, 5.41) is 0.491. The molecule has 0 heterocycles. The summed E-state index contributed by atoms with van der Waals surface area (Å²) in [6, 6.07) is 4.76. The molecule has 5 heteroatoms. The molecule has 66 valence electrons. The van der Waals surface area contributed by atoms with Gasteiger partial charge >= 0.3 is 0 Å². The number of nitrogen functional groups attached to an aromatic ring is 1. The lowest BCUT2D eigenvalue weighted by atomic mass is 10.2. The zero-order valence-corrected chi connectivity index (χ0v) is 8.84. The molecule has 12 heavy (non-hydrogen) atoms. The minimum Gasteiger partial charge on any atom is -0.398 e. The summed E-state index contributed by atoms with van der Waals surface area (Å²) in [6.45, 7) is 0. The van der Waals surface area contributed by atoms with Crippen molar-refractivity contribution < 1.29 is 0 Å². The average Bonchev–Trinajstić information content (AvgIpc) is 1.92. The Hall–Kier alpha value is 0.180. The van der Waals surface area contributed by atoms with Crippen molar-refractivity contribution in [2.24, 2.45) is 0 Å². The predicted molar refractivity (Wildman–Crippen MR) is 55.1 cm³/mol. The molecule has 0 spiro atoms. The molecule has 0 amide bonds. The van der Waals surface area contributed by atoms with Crippen molar-refractivity contribution in [2.45, 2.75) is 3.79 Å².